The van der Waals surface area contributed by atoms with Gasteiger partial charge in [0.05, 0.1) is 17.6 Å². The largest absolute Gasteiger partial charge is 0.378 e. The molecule has 0 amide bonds. The van der Waals surface area contributed by atoms with E-state index in [-0.39, 0.29) is 11.3 Å². The lowest BCUT2D eigenvalue weighted by atomic mass is 9.55. The first-order valence-corrected chi connectivity index (χ1v) is 11.6. The second-order valence-corrected chi connectivity index (χ2v) is 10.1. The Bertz CT molecular complexity index is 584. The lowest BCUT2D eigenvalue weighted by Crippen LogP contribution is -2.66. The van der Waals surface area contributed by atoms with E-state index in [9.17, 15) is 8.42 Å². The number of nitrogens with zero attached hydrogens (tertiary/aromatic N) is 1. The van der Waals surface area contributed by atoms with Crippen molar-refractivity contribution < 1.29 is 13.2 Å². The smallest absolute Gasteiger partial charge is 0.191 e. The molecule has 3 unspecified atom stereocenters. The fraction of sp³-hybridized carbons (Fsp3) is 0.944. The maximum absolute atomic E-state index is 11.6. The van der Waals surface area contributed by atoms with Crippen molar-refractivity contribution in [2.45, 2.75) is 64.0 Å². The summed E-state index contributed by atoms with van der Waals surface area (Å²) in [4.78, 5) is 4.36. The summed E-state index contributed by atoms with van der Waals surface area (Å²) >= 11 is 0. The fourth-order valence-corrected chi connectivity index (χ4v) is 6.76. The molecule has 2 N–H and O–H groups in total. The highest BCUT2D eigenvalue weighted by Gasteiger charge is 2.55. The van der Waals surface area contributed by atoms with Crippen LogP contribution in [0.4, 0.5) is 0 Å². The van der Waals surface area contributed by atoms with E-state index in [1.54, 1.807) is 7.05 Å². The molecule has 3 fully saturated rings. The molecule has 0 aromatic rings. The molecule has 0 bridgehead atoms. The first-order valence-electron chi connectivity index (χ1n) is 9.78. The molecule has 1 saturated heterocycles. The third kappa shape index (κ3) is 4.13. The quantitative estimate of drug-likeness (QED) is 0.568. The van der Waals surface area contributed by atoms with E-state index in [4.69, 9.17) is 4.74 Å². The van der Waals surface area contributed by atoms with Crippen molar-refractivity contribution in [2.75, 3.05) is 31.7 Å². The van der Waals surface area contributed by atoms with E-state index < -0.39 is 9.84 Å². The third-order valence-electron chi connectivity index (χ3n) is 6.36. The first-order chi connectivity index (χ1) is 12.0. The second kappa shape index (κ2) is 7.82. The van der Waals surface area contributed by atoms with E-state index in [0.29, 0.717) is 30.2 Å². The molecular weight excluding hydrogens is 338 g/mol. The SMILES string of the molecule is CCOC1CC(NC(=NC)NCC2CCS(=O)(=O)C2)C12CCCCC2. The normalized spacial score (nSPS) is 33.8. The summed E-state index contributed by atoms with van der Waals surface area (Å²) in [7, 11) is -1.03. The van der Waals surface area contributed by atoms with Gasteiger partial charge in [-0.3, -0.25) is 4.99 Å². The average Bonchev–Trinajstić information content (AvgIpc) is 2.96. The standard InChI is InChI=1S/C18H33N3O3S/c1-3-24-16-11-15(18(16)8-5-4-6-9-18)21-17(19-2)20-12-14-7-10-25(22,23)13-14/h14-16H,3-13H2,1-2H3,(H2,19,20,21). The fourth-order valence-electron chi connectivity index (χ4n) is 4.90. The van der Waals surface area contributed by atoms with Crippen LogP contribution in [0.5, 0.6) is 0 Å². The van der Waals surface area contributed by atoms with Gasteiger partial charge in [-0.1, -0.05) is 19.3 Å². The molecule has 0 aromatic heterocycles. The Morgan fingerprint density at radius 3 is 2.64 bits per heavy atom. The summed E-state index contributed by atoms with van der Waals surface area (Å²) in [5, 5.41) is 6.96. The van der Waals surface area contributed by atoms with Crippen molar-refractivity contribution in [3.63, 3.8) is 0 Å². The number of hydrogen-bond acceptors (Lipinski definition) is 4. The zero-order valence-corrected chi connectivity index (χ0v) is 16.4. The van der Waals surface area contributed by atoms with Crippen LogP contribution in [0.1, 0.15) is 51.9 Å². The molecule has 0 radical (unpaired) electrons. The van der Waals surface area contributed by atoms with Gasteiger partial charge in [0.2, 0.25) is 0 Å². The van der Waals surface area contributed by atoms with Gasteiger partial charge in [0, 0.05) is 31.7 Å². The van der Waals surface area contributed by atoms with Crippen LogP contribution in [-0.2, 0) is 14.6 Å². The van der Waals surface area contributed by atoms with Gasteiger partial charge in [-0.2, -0.15) is 0 Å². The third-order valence-corrected chi connectivity index (χ3v) is 8.19. The number of hydrogen-bond donors (Lipinski definition) is 2. The van der Waals surface area contributed by atoms with E-state index in [0.717, 1.165) is 25.4 Å². The lowest BCUT2D eigenvalue weighted by Gasteiger charge is -2.58. The van der Waals surface area contributed by atoms with Gasteiger partial charge in [-0.25, -0.2) is 8.42 Å². The van der Waals surface area contributed by atoms with Crippen molar-refractivity contribution in [3.8, 4) is 0 Å². The number of aliphatic imine (C=N–C) groups is 1. The van der Waals surface area contributed by atoms with Gasteiger partial charge in [0.15, 0.2) is 15.8 Å². The number of guanidine groups is 1. The molecule has 1 spiro atoms. The van der Waals surface area contributed by atoms with Crippen LogP contribution in [0.25, 0.3) is 0 Å². The van der Waals surface area contributed by atoms with Gasteiger partial charge in [0.1, 0.15) is 0 Å². The maximum Gasteiger partial charge on any atom is 0.191 e. The first kappa shape index (κ1) is 19.0. The van der Waals surface area contributed by atoms with Gasteiger partial charge in [0.25, 0.3) is 0 Å². The zero-order valence-electron chi connectivity index (χ0n) is 15.6. The summed E-state index contributed by atoms with van der Waals surface area (Å²) in [5.74, 6) is 1.63. The molecule has 144 valence electrons. The molecule has 3 rings (SSSR count). The molecule has 1 heterocycles. The van der Waals surface area contributed by atoms with Gasteiger partial charge >= 0.3 is 0 Å². The monoisotopic (exact) mass is 371 g/mol. The van der Waals surface area contributed by atoms with Gasteiger partial charge in [-0.05, 0) is 38.5 Å². The Morgan fingerprint density at radius 1 is 1.28 bits per heavy atom. The van der Waals surface area contributed by atoms with Crippen LogP contribution in [-0.4, -0.2) is 58.2 Å². The second-order valence-electron chi connectivity index (χ2n) is 7.89. The summed E-state index contributed by atoms with van der Waals surface area (Å²) in [6, 6.07) is 0.405. The Labute approximate surface area is 152 Å². The molecule has 2 saturated carbocycles. The maximum atomic E-state index is 11.6. The predicted molar refractivity (Wildman–Crippen MR) is 101 cm³/mol. The van der Waals surface area contributed by atoms with E-state index in [2.05, 4.69) is 22.5 Å². The summed E-state index contributed by atoms with van der Waals surface area (Å²) in [5.41, 5.74) is 0.253. The van der Waals surface area contributed by atoms with Crippen LogP contribution >= 0.6 is 0 Å². The Morgan fingerprint density at radius 2 is 2.04 bits per heavy atom. The molecule has 7 heteroatoms. The summed E-state index contributed by atoms with van der Waals surface area (Å²) in [6.07, 6.45) is 8.52. The molecule has 3 atom stereocenters. The van der Waals surface area contributed by atoms with Crippen molar-refractivity contribution in [2.24, 2.45) is 16.3 Å². The Kier molecular flexibility index (Phi) is 5.93. The molecule has 6 nitrogen and oxygen atoms in total. The predicted octanol–water partition coefficient (Wildman–Crippen LogP) is 1.71. The van der Waals surface area contributed by atoms with Crippen molar-refractivity contribution in [3.05, 3.63) is 0 Å². The number of sulfone groups is 1. The van der Waals surface area contributed by atoms with Crippen LogP contribution in [0.2, 0.25) is 0 Å². The van der Waals surface area contributed by atoms with Crippen molar-refractivity contribution >= 4 is 15.8 Å². The zero-order chi connectivity index (χ0) is 17.9. The highest BCUT2D eigenvalue weighted by atomic mass is 32.2. The van der Waals surface area contributed by atoms with Crippen LogP contribution in [0.3, 0.4) is 0 Å². The lowest BCUT2D eigenvalue weighted by molar-refractivity contribution is -0.145. The van der Waals surface area contributed by atoms with Crippen molar-refractivity contribution in [1.29, 1.82) is 0 Å². The Hall–Kier alpha value is -0.820. The minimum absolute atomic E-state index is 0.199. The highest BCUT2D eigenvalue weighted by Crippen LogP contribution is 2.53. The van der Waals surface area contributed by atoms with Crippen LogP contribution in [0, 0.1) is 11.3 Å². The topological polar surface area (TPSA) is 79.8 Å². The van der Waals surface area contributed by atoms with Crippen molar-refractivity contribution in [1.82, 2.24) is 10.6 Å². The van der Waals surface area contributed by atoms with Gasteiger partial charge in [-0.15, -0.1) is 0 Å². The van der Waals surface area contributed by atoms with Crippen LogP contribution in [0.15, 0.2) is 4.99 Å². The highest BCUT2D eigenvalue weighted by molar-refractivity contribution is 7.91. The molecule has 2 aliphatic carbocycles. The summed E-state index contributed by atoms with van der Waals surface area (Å²) < 4.78 is 29.2. The minimum Gasteiger partial charge on any atom is -0.378 e. The molecular formula is C18H33N3O3S. The Balaban J connectivity index is 1.54. The van der Waals surface area contributed by atoms with E-state index >= 15 is 0 Å². The summed E-state index contributed by atoms with van der Waals surface area (Å²) in [6.45, 7) is 3.53. The van der Waals surface area contributed by atoms with Gasteiger partial charge < -0.3 is 15.4 Å². The molecule has 25 heavy (non-hydrogen) atoms. The number of ether oxygens (including phenoxy) is 1. The average molecular weight is 372 g/mol. The van der Waals surface area contributed by atoms with E-state index in [1.165, 1.54) is 32.1 Å². The number of rotatable bonds is 5. The van der Waals surface area contributed by atoms with Crippen LogP contribution < -0.4 is 10.6 Å². The molecule has 0 aromatic carbocycles. The number of nitrogens with one attached hydrogen (secondary N) is 2. The molecule has 1 aliphatic heterocycles. The minimum atomic E-state index is -2.82. The van der Waals surface area contributed by atoms with E-state index in [1.807, 2.05) is 0 Å². The molecule has 3 aliphatic rings.